The molecule has 0 saturated heterocycles. The molecule has 4 nitrogen and oxygen atoms in total. The minimum absolute atomic E-state index is 0.0739. The molecule has 138 valence electrons. The summed E-state index contributed by atoms with van der Waals surface area (Å²) in [4.78, 5) is 23.8. The fraction of sp³-hybridized carbons (Fsp3) is 0.810. The fourth-order valence-corrected chi connectivity index (χ4v) is 6.87. The largest absolute Gasteiger partial charge is 0.353 e. The molecule has 1 aliphatic heterocycles. The Labute approximate surface area is 151 Å². The lowest BCUT2D eigenvalue weighted by Gasteiger charge is -2.58. The maximum atomic E-state index is 12.0. The van der Waals surface area contributed by atoms with E-state index in [2.05, 4.69) is 30.6 Å². The van der Waals surface area contributed by atoms with E-state index in [1.807, 2.05) is 6.92 Å². The Morgan fingerprint density at radius 3 is 2.76 bits per heavy atom. The van der Waals surface area contributed by atoms with Gasteiger partial charge in [0.1, 0.15) is 0 Å². The zero-order chi connectivity index (χ0) is 17.8. The molecule has 0 aromatic carbocycles. The molecule has 7 atom stereocenters. The second-order valence-electron chi connectivity index (χ2n) is 9.31. The van der Waals surface area contributed by atoms with Crippen molar-refractivity contribution in [1.82, 2.24) is 10.6 Å². The van der Waals surface area contributed by atoms with Crippen molar-refractivity contribution in [2.24, 2.45) is 28.6 Å². The van der Waals surface area contributed by atoms with E-state index in [4.69, 9.17) is 0 Å². The van der Waals surface area contributed by atoms with Gasteiger partial charge in [0.25, 0.3) is 0 Å². The van der Waals surface area contributed by atoms with Gasteiger partial charge in [-0.15, -0.1) is 0 Å². The number of fused-ring (bicyclic) bond motifs is 5. The average molecular weight is 344 g/mol. The number of hydrogen-bond donors (Lipinski definition) is 2. The van der Waals surface area contributed by atoms with Gasteiger partial charge in [-0.2, -0.15) is 0 Å². The summed E-state index contributed by atoms with van der Waals surface area (Å²) < 4.78 is 0. The van der Waals surface area contributed by atoms with Crippen LogP contribution in [0.1, 0.15) is 65.7 Å². The van der Waals surface area contributed by atoms with Gasteiger partial charge in [0, 0.05) is 23.9 Å². The molecule has 4 heteroatoms. The highest BCUT2D eigenvalue weighted by Crippen LogP contribution is 2.63. The molecule has 1 heterocycles. The molecule has 0 radical (unpaired) electrons. The molecule has 2 amide bonds. The van der Waals surface area contributed by atoms with Gasteiger partial charge >= 0.3 is 0 Å². The van der Waals surface area contributed by atoms with Gasteiger partial charge < -0.3 is 10.6 Å². The van der Waals surface area contributed by atoms with Gasteiger partial charge in [0.05, 0.1) is 0 Å². The van der Waals surface area contributed by atoms with E-state index in [0.717, 1.165) is 18.8 Å². The molecular formula is C21H32N2O2. The van der Waals surface area contributed by atoms with E-state index >= 15 is 0 Å². The van der Waals surface area contributed by atoms with Crippen LogP contribution in [0.4, 0.5) is 0 Å². The molecule has 2 N–H and O–H groups in total. The third kappa shape index (κ3) is 2.47. The van der Waals surface area contributed by atoms with Gasteiger partial charge in [0.2, 0.25) is 11.8 Å². The number of carbonyl (C=O) groups is 2. The van der Waals surface area contributed by atoms with Crippen LogP contribution in [0.3, 0.4) is 0 Å². The summed E-state index contributed by atoms with van der Waals surface area (Å²) in [7, 11) is 0. The highest BCUT2D eigenvalue weighted by molar-refractivity contribution is 5.89. The summed E-state index contributed by atoms with van der Waals surface area (Å²) in [5.41, 5.74) is 0.347. The molecular weight excluding hydrogens is 312 g/mol. The summed E-state index contributed by atoms with van der Waals surface area (Å²) in [5, 5.41) is 6.55. The third-order valence-electron chi connectivity index (χ3n) is 8.34. The number of carbonyl (C=O) groups excluding carboxylic acids is 2. The van der Waals surface area contributed by atoms with Crippen LogP contribution in [-0.2, 0) is 9.59 Å². The highest BCUT2D eigenvalue weighted by atomic mass is 16.2. The van der Waals surface area contributed by atoms with E-state index in [-0.39, 0.29) is 22.6 Å². The van der Waals surface area contributed by atoms with E-state index in [1.54, 1.807) is 6.08 Å². The van der Waals surface area contributed by atoms with Gasteiger partial charge in [-0.05, 0) is 67.8 Å². The van der Waals surface area contributed by atoms with Crippen LogP contribution in [0.15, 0.2) is 12.2 Å². The van der Waals surface area contributed by atoms with Crippen molar-refractivity contribution in [2.75, 3.05) is 0 Å². The lowest BCUT2D eigenvalue weighted by Crippen LogP contribution is -2.60. The van der Waals surface area contributed by atoms with Crippen molar-refractivity contribution >= 4 is 11.8 Å². The molecule has 0 bridgehead atoms. The van der Waals surface area contributed by atoms with Crippen molar-refractivity contribution in [1.29, 1.82) is 0 Å². The lowest BCUT2D eigenvalue weighted by molar-refractivity contribution is -0.124. The van der Waals surface area contributed by atoms with Crippen LogP contribution < -0.4 is 10.6 Å². The third-order valence-corrected chi connectivity index (χ3v) is 8.34. The summed E-state index contributed by atoms with van der Waals surface area (Å²) in [6.45, 7) is 6.72. The molecule has 2 unspecified atom stereocenters. The quantitative estimate of drug-likeness (QED) is 0.808. The van der Waals surface area contributed by atoms with Crippen molar-refractivity contribution in [3.63, 3.8) is 0 Å². The first-order chi connectivity index (χ1) is 11.9. The van der Waals surface area contributed by atoms with E-state index in [0.29, 0.717) is 30.3 Å². The van der Waals surface area contributed by atoms with E-state index in [9.17, 15) is 9.59 Å². The van der Waals surface area contributed by atoms with Gasteiger partial charge in [-0.1, -0.05) is 26.8 Å². The molecule has 3 fully saturated rings. The predicted octanol–water partition coefficient (Wildman–Crippen LogP) is 3.18. The minimum Gasteiger partial charge on any atom is -0.353 e. The first kappa shape index (κ1) is 17.1. The average Bonchev–Trinajstić information content (AvgIpc) is 2.92. The summed E-state index contributed by atoms with van der Waals surface area (Å²) in [6, 6.07) is 0.644. The second-order valence-corrected chi connectivity index (χ2v) is 9.31. The molecule has 4 rings (SSSR count). The number of amides is 2. The first-order valence-corrected chi connectivity index (χ1v) is 10.2. The Kier molecular flexibility index (Phi) is 4.01. The second kappa shape index (κ2) is 5.85. The molecule has 0 aromatic rings. The number of rotatable bonds is 2. The Balaban J connectivity index is 1.59. The molecule has 0 aromatic heterocycles. The van der Waals surface area contributed by atoms with Gasteiger partial charge in [-0.3, -0.25) is 9.59 Å². The topological polar surface area (TPSA) is 58.2 Å². The zero-order valence-electron chi connectivity index (χ0n) is 15.8. The Bertz CT molecular complexity index is 615. The number of nitrogens with one attached hydrogen (secondary N) is 2. The Morgan fingerprint density at radius 2 is 2.00 bits per heavy atom. The van der Waals surface area contributed by atoms with E-state index < -0.39 is 0 Å². The van der Waals surface area contributed by atoms with Crippen molar-refractivity contribution in [2.45, 2.75) is 77.8 Å². The predicted molar refractivity (Wildman–Crippen MR) is 97.7 cm³/mol. The Morgan fingerprint density at radius 1 is 1.20 bits per heavy atom. The van der Waals surface area contributed by atoms with Crippen molar-refractivity contribution in [3.8, 4) is 0 Å². The van der Waals surface area contributed by atoms with Crippen LogP contribution in [0, 0.1) is 28.6 Å². The normalized spacial score (nSPS) is 48.1. The van der Waals surface area contributed by atoms with Crippen molar-refractivity contribution < 1.29 is 9.59 Å². The van der Waals surface area contributed by atoms with Crippen molar-refractivity contribution in [3.05, 3.63) is 12.2 Å². The zero-order valence-corrected chi connectivity index (χ0v) is 15.8. The standard InChI is InChI=1S/C21H32N2O2/c1-4-18(24)22-17-8-6-14-13-5-7-16-21(3,12-10-19(25)23-16)15(13)9-11-20(14,17)2/h10,12-17H,4-9,11H2,1-3H3,(H,22,24)(H,23,25)/t13-,14-,15+,16?,17?,20-,21+/m0/s1. The number of hydrogen-bond acceptors (Lipinski definition) is 2. The molecule has 4 aliphatic rings. The fourth-order valence-electron chi connectivity index (χ4n) is 6.87. The SMILES string of the molecule is CCC(=O)NC1CC[C@H]2[C@@H]3CCC4NC(=O)C=C[C@]4(C)[C@@H]3CC[C@]12C. The van der Waals surface area contributed by atoms with Gasteiger partial charge in [0.15, 0.2) is 0 Å². The highest BCUT2D eigenvalue weighted by Gasteiger charge is 2.59. The van der Waals surface area contributed by atoms with Gasteiger partial charge in [-0.25, -0.2) is 0 Å². The Hall–Kier alpha value is -1.32. The van der Waals surface area contributed by atoms with Crippen LogP contribution in [0.5, 0.6) is 0 Å². The summed E-state index contributed by atoms with van der Waals surface area (Å²) in [6.07, 6.45) is 11.6. The molecule has 0 spiro atoms. The van der Waals surface area contributed by atoms with Crippen LogP contribution in [-0.4, -0.2) is 23.9 Å². The maximum Gasteiger partial charge on any atom is 0.243 e. The van der Waals surface area contributed by atoms with E-state index in [1.165, 1.54) is 25.7 Å². The summed E-state index contributed by atoms with van der Waals surface area (Å²) >= 11 is 0. The monoisotopic (exact) mass is 344 g/mol. The summed E-state index contributed by atoms with van der Waals surface area (Å²) in [5.74, 6) is 2.36. The molecule has 3 saturated carbocycles. The molecule has 3 aliphatic carbocycles. The van der Waals surface area contributed by atoms with Crippen LogP contribution in [0.25, 0.3) is 0 Å². The smallest absolute Gasteiger partial charge is 0.243 e. The molecule has 25 heavy (non-hydrogen) atoms. The van der Waals surface area contributed by atoms with Crippen LogP contribution >= 0.6 is 0 Å². The lowest BCUT2D eigenvalue weighted by atomic mass is 9.48. The minimum atomic E-state index is 0.0739. The maximum absolute atomic E-state index is 12.0. The first-order valence-electron chi connectivity index (χ1n) is 10.2. The van der Waals surface area contributed by atoms with Crippen LogP contribution in [0.2, 0.25) is 0 Å².